The summed E-state index contributed by atoms with van der Waals surface area (Å²) in [6, 6.07) is 9.57. The van der Waals surface area contributed by atoms with Crippen molar-refractivity contribution in [1.29, 1.82) is 0 Å². The molecule has 2 rings (SSSR count). The first-order valence-corrected chi connectivity index (χ1v) is 7.05. The van der Waals surface area contributed by atoms with Gasteiger partial charge in [-0.1, -0.05) is 30.3 Å². The van der Waals surface area contributed by atoms with Gasteiger partial charge in [-0.15, -0.1) is 0 Å². The number of carbonyl (C=O) groups excluding carboxylic acids is 1. The van der Waals surface area contributed by atoms with Crippen molar-refractivity contribution in [3.05, 3.63) is 35.9 Å². The summed E-state index contributed by atoms with van der Waals surface area (Å²) in [5.74, 6) is 1.11. The molecule has 1 aromatic carbocycles. The van der Waals surface area contributed by atoms with Crippen LogP contribution in [0.1, 0.15) is 5.56 Å². The van der Waals surface area contributed by atoms with Gasteiger partial charge >= 0.3 is 6.09 Å². The predicted molar refractivity (Wildman–Crippen MR) is 66.1 cm³/mol. The van der Waals surface area contributed by atoms with E-state index in [4.69, 9.17) is 4.74 Å². The summed E-state index contributed by atoms with van der Waals surface area (Å²) >= 11 is 0. The molecule has 4 nitrogen and oxygen atoms in total. The summed E-state index contributed by atoms with van der Waals surface area (Å²) in [4.78, 5) is 13.3. The van der Waals surface area contributed by atoms with Gasteiger partial charge in [-0.2, -0.15) is 0 Å². The second kappa shape index (κ2) is 5.82. The van der Waals surface area contributed by atoms with Gasteiger partial charge in [0.05, 0.1) is 0 Å². The van der Waals surface area contributed by atoms with Crippen LogP contribution in [0.4, 0.5) is 4.79 Å². The highest BCUT2D eigenvalue weighted by atomic mass is 32.2. The van der Waals surface area contributed by atoms with Crippen molar-refractivity contribution < 1.29 is 13.7 Å². The average molecular weight is 253 g/mol. The van der Waals surface area contributed by atoms with Crippen molar-refractivity contribution in [3.8, 4) is 0 Å². The number of ether oxygens (including phenoxy) is 1. The number of benzene rings is 1. The first-order chi connectivity index (χ1) is 8.25. The zero-order valence-corrected chi connectivity index (χ0v) is 10.3. The van der Waals surface area contributed by atoms with Crippen LogP contribution in [0.2, 0.25) is 0 Å². The molecule has 17 heavy (non-hydrogen) atoms. The van der Waals surface area contributed by atoms with Crippen LogP contribution in [0.5, 0.6) is 0 Å². The lowest BCUT2D eigenvalue weighted by Crippen LogP contribution is -2.42. The maximum atomic E-state index is 11.7. The second-order valence-electron chi connectivity index (χ2n) is 3.88. The summed E-state index contributed by atoms with van der Waals surface area (Å²) < 4.78 is 16.3. The molecule has 1 aliphatic rings. The van der Waals surface area contributed by atoms with E-state index in [0.717, 1.165) is 5.56 Å². The highest BCUT2D eigenvalue weighted by Gasteiger charge is 2.20. The lowest BCUT2D eigenvalue weighted by atomic mass is 10.2. The molecule has 1 aromatic rings. The van der Waals surface area contributed by atoms with Crippen molar-refractivity contribution in [2.75, 3.05) is 24.6 Å². The van der Waals surface area contributed by atoms with Crippen LogP contribution in [-0.2, 0) is 22.1 Å². The molecule has 1 aliphatic heterocycles. The molecule has 92 valence electrons. The quantitative estimate of drug-likeness (QED) is 0.800. The largest absolute Gasteiger partial charge is 0.445 e. The minimum atomic E-state index is -0.767. The van der Waals surface area contributed by atoms with Gasteiger partial charge in [0.1, 0.15) is 6.61 Å². The van der Waals surface area contributed by atoms with Gasteiger partial charge < -0.3 is 9.64 Å². The van der Waals surface area contributed by atoms with Crippen molar-refractivity contribution in [3.63, 3.8) is 0 Å². The number of hydrogen-bond acceptors (Lipinski definition) is 3. The summed E-state index contributed by atoms with van der Waals surface area (Å²) in [5.41, 5.74) is 0.974. The Labute approximate surface area is 103 Å². The van der Waals surface area contributed by atoms with E-state index in [1.54, 1.807) is 4.90 Å². The van der Waals surface area contributed by atoms with Crippen molar-refractivity contribution >= 4 is 16.9 Å². The molecule has 0 radical (unpaired) electrons. The third-order valence-corrected chi connectivity index (χ3v) is 3.92. The molecule has 0 bridgehead atoms. The van der Waals surface area contributed by atoms with Crippen LogP contribution in [0, 0.1) is 0 Å². The molecule has 0 atom stereocenters. The first kappa shape index (κ1) is 12.1. The normalized spacial score (nSPS) is 16.8. The van der Waals surface area contributed by atoms with Gasteiger partial charge in [0, 0.05) is 35.4 Å². The van der Waals surface area contributed by atoms with Crippen LogP contribution in [-0.4, -0.2) is 39.8 Å². The van der Waals surface area contributed by atoms with Crippen LogP contribution >= 0.6 is 0 Å². The average Bonchev–Trinajstić information content (AvgIpc) is 2.38. The lowest BCUT2D eigenvalue weighted by Gasteiger charge is -2.25. The Bertz CT molecular complexity index is 397. The summed E-state index contributed by atoms with van der Waals surface area (Å²) in [5, 5.41) is 0. The Balaban J connectivity index is 1.80. The van der Waals surface area contributed by atoms with E-state index in [1.165, 1.54) is 0 Å². The fourth-order valence-corrected chi connectivity index (χ4v) is 2.68. The highest BCUT2D eigenvalue weighted by molar-refractivity contribution is 7.85. The molecule has 0 aliphatic carbocycles. The molecule has 1 heterocycles. The molecule has 0 N–H and O–H groups in total. The van der Waals surface area contributed by atoms with Gasteiger partial charge in [-0.3, -0.25) is 4.21 Å². The fourth-order valence-electron chi connectivity index (χ4n) is 1.63. The van der Waals surface area contributed by atoms with Gasteiger partial charge in [0.2, 0.25) is 0 Å². The molecule has 5 heteroatoms. The van der Waals surface area contributed by atoms with Crippen LogP contribution in [0.15, 0.2) is 30.3 Å². The smallest absolute Gasteiger partial charge is 0.410 e. The number of amides is 1. The Kier molecular flexibility index (Phi) is 4.14. The molecular formula is C12H15NO3S. The minimum absolute atomic E-state index is 0.291. The minimum Gasteiger partial charge on any atom is -0.445 e. The summed E-state index contributed by atoms with van der Waals surface area (Å²) in [6.45, 7) is 1.35. The van der Waals surface area contributed by atoms with E-state index in [-0.39, 0.29) is 6.09 Å². The predicted octanol–water partition coefficient (Wildman–Crippen LogP) is 1.39. The monoisotopic (exact) mass is 253 g/mol. The zero-order chi connectivity index (χ0) is 12.1. The van der Waals surface area contributed by atoms with Crippen molar-refractivity contribution in [1.82, 2.24) is 4.90 Å². The van der Waals surface area contributed by atoms with Gasteiger partial charge in [-0.05, 0) is 5.56 Å². The van der Waals surface area contributed by atoms with Crippen LogP contribution < -0.4 is 0 Å². The van der Waals surface area contributed by atoms with E-state index in [2.05, 4.69) is 0 Å². The van der Waals surface area contributed by atoms with E-state index in [0.29, 0.717) is 31.2 Å². The third-order valence-electron chi connectivity index (χ3n) is 2.64. The molecule has 1 saturated heterocycles. The Hall–Kier alpha value is -1.36. The highest BCUT2D eigenvalue weighted by Crippen LogP contribution is 2.06. The van der Waals surface area contributed by atoms with E-state index >= 15 is 0 Å². The molecule has 1 fully saturated rings. The number of rotatable bonds is 2. The fraction of sp³-hybridized carbons (Fsp3) is 0.417. The number of hydrogen-bond donors (Lipinski definition) is 0. The topological polar surface area (TPSA) is 46.6 Å². The van der Waals surface area contributed by atoms with Gasteiger partial charge in [0.25, 0.3) is 0 Å². The molecule has 1 amide bonds. The summed E-state index contributed by atoms with van der Waals surface area (Å²) in [6.07, 6.45) is -0.314. The molecule has 0 unspecified atom stereocenters. The third kappa shape index (κ3) is 3.56. The second-order valence-corrected chi connectivity index (χ2v) is 5.57. The summed E-state index contributed by atoms with van der Waals surface area (Å²) in [7, 11) is -0.767. The SMILES string of the molecule is O=C(OCc1ccccc1)N1CCS(=O)CC1. The zero-order valence-electron chi connectivity index (χ0n) is 9.50. The van der Waals surface area contributed by atoms with Gasteiger partial charge in [0.15, 0.2) is 0 Å². The van der Waals surface area contributed by atoms with Gasteiger partial charge in [-0.25, -0.2) is 4.79 Å². The maximum absolute atomic E-state index is 11.7. The van der Waals surface area contributed by atoms with Crippen LogP contribution in [0.25, 0.3) is 0 Å². The molecule has 0 spiro atoms. The van der Waals surface area contributed by atoms with E-state index < -0.39 is 10.8 Å². The Morgan fingerprint density at radius 3 is 2.53 bits per heavy atom. The van der Waals surface area contributed by atoms with E-state index in [9.17, 15) is 9.00 Å². The van der Waals surface area contributed by atoms with Crippen molar-refractivity contribution in [2.24, 2.45) is 0 Å². The first-order valence-electron chi connectivity index (χ1n) is 5.56. The van der Waals surface area contributed by atoms with Crippen molar-refractivity contribution in [2.45, 2.75) is 6.61 Å². The Morgan fingerprint density at radius 1 is 1.24 bits per heavy atom. The lowest BCUT2D eigenvalue weighted by molar-refractivity contribution is 0.0995. The number of nitrogens with zero attached hydrogens (tertiary/aromatic N) is 1. The standard InChI is InChI=1S/C12H15NO3S/c14-12(13-6-8-17(15)9-7-13)16-10-11-4-2-1-3-5-11/h1-5H,6-10H2. The molecule has 0 aromatic heterocycles. The van der Waals surface area contributed by atoms with Crippen LogP contribution in [0.3, 0.4) is 0 Å². The van der Waals surface area contributed by atoms with E-state index in [1.807, 2.05) is 30.3 Å². The maximum Gasteiger partial charge on any atom is 0.410 e. The molecule has 0 saturated carbocycles. The number of carbonyl (C=O) groups is 1. The Morgan fingerprint density at radius 2 is 1.88 bits per heavy atom. The molecular weight excluding hydrogens is 238 g/mol.